The third-order valence-electron chi connectivity index (χ3n) is 5.04. The Labute approximate surface area is 171 Å². The summed E-state index contributed by atoms with van der Waals surface area (Å²) in [6.07, 6.45) is 0. The molecule has 8 heteroatoms. The minimum atomic E-state index is -0.181. The SMILES string of the molecule is CC1CNCc2c(C(=O)NCc3ccc(NC(=O)N(C)C)cc3)nn(C(C)C)c21. The van der Waals surface area contributed by atoms with Crippen LogP contribution in [-0.2, 0) is 13.1 Å². The lowest BCUT2D eigenvalue weighted by molar-refractivity contribution is 0.0944. The van der Waals surface area contributed by atoms with Crippen LogP contribution in [0.4, 0.5) is 10.5 Å². The third kappa shape index (κ3) is 4.59. The largest absolute Gasteiger partial charge is 0.347 e. The molecule has 2 aromatic rings. The molecule has 3 N–H and O–H groups in total. The highest BCUT2D eigenvalue weighted by molar-refractivity contribution is 5.94. The van der Waals surface area contributed by atoms with Gasteiger partial charge in [0.15, 0.2) is 5.69 Å². The number of nitrogens with zero attached hydrogens (tertiary/aromatic N) is 3. The van der Waals surface area contributed by atoms with E-state index in [2.05, 4.69) is 41.8 Å². The lowest BCUT2D eigenvalue weighted by Gasteiger charge is -2.23. The number of aromatic nitrogens is 2. The Morgan fingerprint density at radius 1 is 1.28 bits per heavy atom. The standard InChI is InChI=1S/C21H30N6O2/c1-13(2)27-19-14(3)10-22-12-17(19)18(25-27)20(28)23-11-15-6-8-16(9-7-15)24-21(29)26(4)5/h6-9,13-14,22H,10-12H2,1-5H3,(H,23,28)(H,24,29). The number of benzene rings is 1. The fourth-order valence-electron chi connectivity index (χ4n) is 3.47. The van der Waals surface area contributed by atoms with E-state index in [1.54, 1.807) is 14.1 Å². The number of hydrogen-bond acceptors (Lipinski definition) is 4. The highest BCUT2D eigenvalue weighted by atomic mass is 16.2. The van der Waals surface area contributed by atoms with Crippen LogP contribution in [0, 0.1) is 0 Å². The van der Waals surface area contributed by atoms with E-state index in [0.717, 1.165) is 23.4 Å². The molecule has 1 atom stereocenters. The van der Waals surface area contributed by atoms with E-state index in [1.165, 1.54) is 4.90 Å². The summed E-state index contributed by atoms with van der Waals surface area (Å²) in [6.45, 7) is 8.27. The number of rotatable bonds is 5. The molecule has 8 nitrogen and oxygen atoms in total. The summed E-state index contributed by atoms with van der Waals surface area (Å²) in [4.78, 5) is 26.0. The predicted octanol–water partition coefficient (Wildman–Crippen LogP) is 2.69. The second-order valence-electron chi connectivity index (χ2n) is 7.99. The van der Waals surface area contributed by atoms with Crippen molar-refractivity contribution in [3.8, 4) is 0 Å². The normalized spacial score (nSPS) is 15.7. The quantitative estimate of drug-likeness (QED) is 0.722. The first-order valence-corrected chi connectivity index (χ1v) is 9.95. The zero-order valence-corrected chi connectivity index (χ0v) is 17.7. The fraction of sp³-hybridized carbons (Fsp3) is 0.476. The molecule has 2 heterocycles. The molecule has 1 aromatic carbocycles. The number of hydrogen-bond donors (Lipinski definition) is 3. The molecular formula is C21H30N6O2. The average molecular weight is 399 g/mol. The van der Waals surface area contributed by atoms with Gasteiger partial charge in [0.1, 0.15) is 0 Å². The van der Waals surface area contributed by atoms with Gasteiger partial charge < -0.3 is 20.9 Å². The topological polar surface area (TPSA) is 91.3 Å². The molecule has 1 unspecified atom stereocenters. The Kier molecular flexibility index (Phi) is 6.22. The van der Waals surface area contributed by atoms with E-state index in [1.807, 2.05) is 28.9 Å². The first-order valence-electron chi connectivity index (χ1n) is 9.95. The molecule has 0 bridgehead atoms. The van der Waals surface area contributed by atoms with Gasteiger partial charge in [0.2, 0.25) is 0 Å². The van der Waals surface area contributed by atoms with Crippen LogP contribution in [0.3, 0.4) is 0 Å². The van der Waals surface area contributed by atoms with Crippen molar-refractivity contribution in [2.45, 2.75) is 45.8 Å². The maximum absolute atomic E-state index is 12.8. The predicted molar refractivity (Wildman–Crippen MR) is 113 cm³/mol. The molecule has 1 aliphatic heterocycles. The van der Waals surface area contributed by atoms with E-state index in [-0.39, 0.29) is 18.0 Å². The van der Waals surface area contributed by atoms with Crippen molar-refractivity contribution in [1.82, 2.24) is 25.3 Å². The van der Waals surface area contributed by atoms with Crippen molar-refractivity contribution < 1.29 is 9.59 Å². The maximum atomic E-state index is 12.8. The molecule has 0 aliphatic carbocycles. The Morgan fingerprint density at radius 3 is 2.59 bits per heavy atom. The average Bonchev–Trinajstić information content (AvgIpc) is 3.08. The van der Waals surface area contributed by atoms with Crippen molar-refractivity contribution in [1.29, 1.82) is 0 Å². The van der Waals surface area contributed by atoms with E-state index in [0.29, 0.717) is 30.4 Å². The van der Waals surface area contributed by atoms with Gasteiger partial charge in [0, 0.05) is 62.6 Å². The lowest BCUT2D eigenvalue weighted by atomic mass is 9.97. The molecule has 1 aromatic heterocycles. The molecule has 0 saturated heterocycles. The van der Waals surface area contributed by atoms with E-state index in [9.17, 15) is 9.59 Å². The van der Waals surface area contributed by atoms with Gasteiger partial charge in [-0.05, 0) is 31.5 Å². The zero-order valence-electron chi connectivity index (χ0n) is 17.7. The van der Waals surface area contributed by atoms with Crippen molar-refractivity contribution in [2.75, 3.05) is 26.0 Å². The molecule has 3 rings (SSSR count). The van der Waals surface area contributed by atoms with Gasteiger partial charge >= 0.3 is 6.03 Å². The van der Waals surface area contributed by atoms with Crippen molar-refractivity contribution in [2.24, 2.45) is 0 Å². The molecular weight excluding hydrogens is 368 g/mol. The fourth-order valence-corrected chi connectivity index (χ4v) is 3.47. The van der Waals surface area contributed by atoms with Crippen molar-refractivity contribution in [3.05, 3.63) is 46.8 Å². The first kappa shape index (κ1) is 20.9. The van der Waals surface area contributed by atoms with E-state index >= 15 is 0 Å². The van der Waals surface area contributed by atoms with Gasteiger partial charge in [-0.1, -0.05) is 19.1 Å². The summed E-state index contributed by atoms with van der Waals surface area (Å²) in [5, 5.41) is 13.8. The number of amides is 3. The van der Waals surface area contributed by atoms with Crippen LogP contribution in [0.1, 0.15) is 60.0 Å². The minimum Gasteiger partial charge on any atom is -0.347 e. The number of carbonyl (C=O) groups excluding carboxylic acids is 2. The molecule has 29 heavy (non-hydrogen) atoms. The maximum Gasteiger partial charge on any atom is 0.321 e. The van der Waals surface area contributed by atoms with Crippen molar-refractivity contribution >= 4 is 17.6 Å². The first-order chi connectivity index (χ1) is 13.8. The third-order valence-corrected chi connectivity index (χ3v) is 5.04. The highest BCUT2D eigenvalue weighted by Gasteiger charge is 2.29. The molecule has 0 fully saturated rings. The monoisotopic (exact) mass is 398 g/mol. The molecule has 0 saturated carbocycles. The second kappa shape index (κ2) is 8.65. The van der Waals surface area contributed by atoms with Crippen LogP contribution >= 0.6 is 0 Å². The van der Waals surface area contributed by atoms with Crippen LogP contribution in [0.25, 0.3) is 0 Å². The number of urea groups is 1. The smallest absolute Gasteiger partial charge is 0.321 e. The minimum absolute atomic E-state index is 0.165. The number of carbonyl (C=O) groups is 2. The number of anilines is 1. The van der Waals surface area contributed by atoms with E-state index in [4.69, 9.17) is 0 Å². The Balaban J connectivity index is 1.68. The van der Waals surface area contributed by atoms with Gasteiger partial charge in [0.25, 0.3) is 5.91 Å². The second-order valence-corrected chi connectivity index (χ2v) is 7.99. The van der Waals surface area contributed by atoms with Crippen LogP contribution in [0.15, 0.2) is 24.3 Å². The summed E-state index contributed by atoms with van der Waals surface area (Å²) >= 11 is 0. The molecule has 3 amide bonds. The summed E-state index contributed by atoms with van der Waals surface area (Å²) in [5.41, 5.74) is 4.32. The Bertz CT molecular complexity index is 885. The van der Waals surface area contributed by atoms with Crippen LogP contribution in [-0.4, -0.2) is 47.3 Å². The van der Waals surface area contributed by atoms with Gasteiger partial charge in [-0.15, -0.1) is 0 Å². The summed E-state index contributed by atoms with van der Waals surface area (Å²) in [6, 6.07) is 7.44. The summed E-state index contributed by atoms with van der Waals surface area (Å²) in [7, 11) is 3.38. The Hall–Kier alpha value is -2.87. The van der Waals surface area contributed by atoms with E-state index < -0.39 is 0 Å². The summed E-state index contributed by atoms with van der Waals surface area (Å²) < 4.78 is 1.98. The van der Waals surface area contributed by atoms with Gasteiger partial charge in [-0.3, -0.25) is 9.48 Å². The molecule has 156 valence electrons. The molecule has 0 spiro atoms. The Morgan fingerprint density at radius 2 is 1.97 bits per heavy atom. The van der Waals surface area contributed by atoms with Crippen LogP contribution in [0.5, 0.6) is 0 Å². The highest BCUT2D eigenvalue weighted by Crippen LogP contribution is 2.28. The van der Waals surface area contributed by atoms with Gasteiger partial charge in [-0.25, -0.2) is 4.79 Å². The van der Waals surface area contributed by atoms with Crippen molar-refractivity contribution in [3.63, 3.8) is 0 Å². The molecule has 0 radical (unpaired) electrons. The number of nitrogens with one attached hydrogen (secondary N) is 3. The van der Waals surface area contributed by atoms with Crippen LogP contribution in [0.2, 0.25) is 0 Å². The lowest BCUT2D eigenvalue weighted by Crippen LogP contribution is -2.30. The summed E-state index contributed by atoms with van der Waals surface area (Å²) in [5.74, 6) is 0.154. The van der Waals surface area contributed by atoms with Crippen LogP contribution < -0.4 is 16.0 Å². The van der Waals surface area contributed by atoms with Gasteiger partial charge in [0.05, 0.1) is 0 Å². The van der Waals surface area contributed by atoms with Gasteiger partial charge in [-0.2, -0.15) is 5.10 Å². The molecule has 1 aliphatic rings. The number of fused-ring (bicyclic) bond motifs is 1. The zero-order chi connectivity index (χ0) is 21.1.